The molecule has 0 bridgehead atoms. The Labute approximate surface area is 191 Å². The molecule has 1 aliphatic heterocycles. The van der Waals surface area contributed by atoms with Gasteiger partial charge in [0.15, 0.2) is 0 Å². The Morgan fingerprint density at radius 3 is 2.39 bits per heavy atom. The molecule has 3 aromatic rings. The van der Waals surface area contributed by atoms with E-state index in [-0.39, 0.29) is 17.1 Å². The zero-order valence-electron chi connectivity index (χ0n) is 18.4. The molecular weight excluding hydrogens is 422 g/mol. The van der Waals surface area contributed by atoms with Crippen LogP contribution in [0, 0.1) is 6.92 Å². The molecule has 7 nitrogen and oxygen atoms in total. The van der Waals surface area contributed by atoms with Gasteiger partial charge in [-0.2, -0.15) is 0 Å². The molecule has 7 heteroatoms. The van der Waals surface area contributed by atoms with Crippen LogP contribution in [0.1, 0.15) is 22.7 Å². The summed E-state index contributed by atoms with van der Waals surface area (Å²) >= 11 is 0. The van der Waals surface area contributed by atoms with E-state index in [9.17, 15) is 19.8 Å². The molecule has 1 heterocycles. The molecule has 33 heavy (non-hydrogen) atoms. The number of aliphatic hydroxyl groups is 1. The molecule has 1 atom stereocenters. The topological polar surface area (TPSA) is 96.3 Å². The maximum Gasteiger partial charge on any atom is 0.300 e. The van der Waals surface area contributed by atoms with Crippen LogP contribution in [0.4, 0.5) is 5.69 Å². The maximum absolute atomic E-state index is 13.3. The molecule has 1 aliphatic rings. The normalized spacial score (nSPS) is 17.3. The van der Waals surface area contributed by atoms with Gasteiger partial charge in [-0.25, -0.2) is 0 Å². The number of amides is 1. The largest absolute Gasteiger partial charge is 0.508 e. The van der Waals surface area contributed by atoms with Crippen molar-refractivity contribution in [1.29, 1.82) is 0 Å². The molecule has 0 radical (unpaired) electrons. The second-order valence-electron chi connectivity index (χ2n) is 7.67. The van der Waals surface area contributed by atoms with Crippen LogP contribution < -0.4 is 14.4 Å². The van der Waals surface area contributed by atoms with Crippen LogP contribution in [0.25, 0.3) is 5.76 Å². The van der Waals surface area contributed by atoms with Crippen molar-refractivity contribution in [3.63, 3.8) is 0 Å². The van der Waals surface area contributed by atoms with Gasteiger partial charge in [0, 0.05) is 11.8 Å². The summed E-state index contributed by atoms with van der Waals surface area (Å²) in [5.74, 6) is -1.16. The third-order valence-electron chi connectivity index (χ3n) is 5.57. The summed E-state index contributed by atoms with van der Waals surface area (Å²) in [5, 5.41) is 21.4. The van der Waals surface area contributed by atoms with Gasteiger partial charge in [-0.3, -0.25) is 14.5 Å². The Balaban J connectivity index is 2.00. The van der Waals surface area contributed by atoms with E-state index in [0.717, 1.165) is 5.56 Å². The number of Topliss-reactive ketones (excluding diaryl/α,β-unsaturated/α-hetero) is 1. The van der Waals surface area contributed by atoms with Gasteiger partial charge in [-0.05, 0) is 48.9 Å². The van der Waals surface area contributed by atoms with Gasteiger partial charge in [0.05, 0.1) is 31.4 Å². The fourth-order valence-corrected chi connectivity index (χ4v) is 4.02. The lowest BCUT2D eigenvalue weighted by molar-refractivity contribution is -0.132. The molecule has 4 rings (SSSR count). The summed E-state index contributed by atoms with van der Waals surface area (Å²) in [6.45, 7) is 1.85. The highest BCUT2D eigenvalue weighted by atomic mass is 16.5. The van der Waals surface area contributed by atoms with E-state index in [0.29, 0.717) is 28.3 Å². The summed E-state index contributed by atoms with van der Waals surface area (Å²) in [6.07, 6.45) is 0. The minimum absolute atomic E-state index is 0.0307. The van der Waals surface area contributed by atoms with Crippen LogP contribution in [-0.2, 0) is 9.59 Å². The number of nitrogens with zero attached hydrogens (tertiary/aromatic N) is 1. The number of ether oxygens (including phenoxy) is 2. The lowest BCUT2D eigenvalue weighted by atomic mass is 9.94. The lowest BCUT2D eigenvalue weighted by Gasteiger charge is -2.26. The number of aryl methyl sites for hydroxylation is 1. The smallest absolute Gasteiger partial charge is 0.300 e. The van der Waals surface area contributed by atoms with Crippen molar-refractivity contribution in [1.82, 2.24) is 0 Å². The van der Waals surface area contributed by atoms with Crippen molar-refractivity contribution in [2.24, 2.45) is 0 Å². The van der Waals surface area contributed by atoms with Crippen LogP contribution in [0.3, 0.4) is 0 Å². The molecule has 168 valence electrons. The SMILES string of the molecule is COc1cccc(N2C(=O)C(=O)/C(=C(/O)c3cc(C)ccc3OC)C2c2cccc(O)c2)c1. The summed E-state index contributed by atoms with van der Waals surface area (Å²) < 4.78 is 10.7. The van der Waals surface area contributed by atoms with E-state index in [1.54, 1.807) is 48.5 Å². The number of anilines is 1. The molecule has 0 spiro atoms. The maximum atomic E-state index is 13.3. The molecule has 0 aromatic heterocycles. The minimum Gasteiger partial charge on any atom is -0.508 e. The van der Waals surface area contributed by atoms with Crippen LogP contribution in [0.15, 0.2) is 72.3 Å². The molecule has 1 fully saturated rings. The molecule has 1 unspecified atom stereocenters. The van der Waals surface area contributed by atoms with Crippen molar-refractivity contribution < 1.29 is 29.3 Å². The van der Waals surface area contributed by atoms with E-state index >= 15 is 0 Å². The Kier molecular flexibility index (Phi) is 5.79. The Bertz CT molecular complexity index is 1280. The van der Waals surface area contributed by atoms with Crippen molar-refractivity contribution in [3.8, 4) is 17.2 Å². The Morgan fingerprint density at radius 2 is 1.70 bits per heavy atom. The number of rotatable bonds is 5. The fraction of sp³-hybridized carbons (Fsp3) is 0.154. The predicted molar refractivity (Wildman–Crippen MR) is 124 cm³/mol. The first-order valence-electron chi connectivity index (χ1n) is 10.2. The third kappa shape index (κ3) is 3.89. The van der Waals surface area contributed by atoms with E-state index in [1.807, 2.05) is 13.0 Å². The van der Waals surface area contributed by atoms with E-state index in [2.05, 4.69) is 0 Å². The first-order chi connectivity index (χ1) is 15.8. The highest BCUT2D eigenvalue weighted by Gasteiger charge is 2.47. The number of hydrogen-bond donors (Lipinski definition) is 2. The molecule has 0 aliphatic carbocycles. The molecule has 1 saturated heterocycles. The van der Waals surface area contributed by atoms with Crippen molar-refractivity contribution >= 4 is 23.1 Å². The number of carbonyl (C=O) groups is 2. The van der Waals surface area contributed by atoms with Gasteiger partial charge >= 0.3 is 0 Å². The molecule has 1 amide bonds. The number of ketones is 1. The van der Waals surface area contributed by atoms with Gasteiger partial charge in [0.1, 0.15) is 23.0 Å². The first-order valence-corrected chi connectivity index (χ1v) is 10.2. The average molecular weight is 445 g/mol. The highest BCUT2D eigenvalue weighted by molar-refractivity contribution is 6.51. The molecular formula is C26H23NO6. The number of methoxy groups -OCH3 is 2. The quantitative estimate of drug-likeness (QED) is 0.345. The summed E-state index contributed by atoms with van der Waals surface area (Å²) in [6, 6.07) is 17.2. The standard InChI is InChI=1S/C26H23NO6/c1-15-10-11-21(33-3)20(12-15)24(29)22-23(16-6-4-8-18(28)13-16)27(26(31)25(22)30)17-7-5-9-19(14-17)32-2/h4-14,23,28-29H,1-3H3/b24-22+. The van der Waals surface area contributed by atoms with Gasteiger partial charge < -0.3 is 19.7 Å². The first kappa shape index (κ1) is 22.0. The van der Waals surface area contributed by atoms with E-state index in [1.165, 1.54) is 31.3 Å². The lowest BCUT2D eigenvalue weighted by Crippen LogP contribution is -2.29. The number of benzene rings is 3. The van der Waals surface area contributed by atoms with Gasteiger partial charge in [0.25, 0.3) is 11.7 Å². The van der Waals surface area contributed by atoms with Crippen LogP contribution in [0.5, 0.6) is 17.2 Å². The number of carbonyl (C=O) groups excluding carboxylic acids is 2. The predicted octanol–water partition coefficient (Wildman–Crippen LogP) is 4.34. The Morgan fingerprint density at radius 1 is 0.939 bits per heavy atom. The second kappa shape index (κ2) is 8.70. The summed E-state index contributed by atoms with van der Waals surface area (Å²) in [7, 11) is 2.97. The molecule has 0 saturated carbocycles. The minimum atomic E-state index is -0.977. The summed E-state index contributed by atoms with van der Waals surface area (Å²) in [4.78, 5) is 27.8. The van der Waals surface area contributed by atoms with Crippen LogP contribution in [0.2, 0.25) is 0 Å². The molecule has 2 N–H and O–H groups in total. The number of hydrogen-bond acceptors (Lipinski definition) is 6. The van der Waals surface area contributed by atoms with Gasteiger partial charge in [-0.15, -0.1) is 0 Å². The Hall–Kier alpha value is -4.26. The zero-order chi connectivity index (χ0) is 23.7. The van der Waals surface area contributed by atoms with E-state index in [4.69, 9.17) is 9.47 Å². The highest BCUT2D eigenvalue weighted by Crippen LogP contribution is 2.44. The van der Waals surface area contributed by atoms with Crippen LogP contribution >= 0.6 is 0 Å². The number of phenols is 1. The van der Waals surface area contributed by atoms with Crippen molar-refractivity contribution in [2.75, 3.05) is 19.1 Å². The monoisotopic (exact) mass is 445 g/mol. The van der Waals surface area contributed by atoms with Gasteiger partial charge in [-0.1, -0.05) is 29.8 Å². The molecule has 3 aromatic carbocycles. The average Bonchev–Trinajstić information content (AvgIpc) is 3.09. The van der Waals surface area contributed by atoms with Crippen molar-refractivity contribution in [3.05, 3.63) is 89.0 Å². The van der Waals surface area contributed by atoms with Crippen LogP contribution in [-0.4, -0.2) is 36.1 Å². The number of aromatic hydroxyl groups is 1. The van der Waals surface area contributed by atoms with E-state index < -0.39 is 17.7 Å². The fourth-order valence-electron chi connectivity index (χ4n) is 4.02. The number of phenolic OH excluding ortho intramolecular Hbond substituents is 1. The number of aliphatic hydroxyl groups excluding tert-OH is 1. The van der Waals surface area contributed by atoms with Crippen molar-refractivity contribution in [2.45, 2.75) is 13.0 Å². The third-order valence-corrected chi connectivity index (χ3v) is 5.57. The second-order valence-corrected chi connectivity index (χ2v) is 7.67. The summed E-state index contributed by atoms with van der Waals surface area (Å²) in [5.41, 5.74) is 1.92. The zero-order valence-corrected chi connectivity index (χ0v) is 18.4. The van der Waals surface area contributed by atoms with Gasteiger partial charge in [0.2, 0.25) is 0 Å².